The van der Waals surface area contributed by atoms with Crippen molar-refractivity contribution in [1.82, 2.24) is 9.80 Å². The Labute approximate surface area is 161 Å². The van der Waals surface area contributed by atoms with Gasteiger partial charge in [-0.1, -0.05) is 24.3 Å². The Bertz CT molecular complexity index is 738. The van der Waals surface area contributed by atoms with Crippen molar-refractivity contribution >= 4 is 11.7 Å². The fourth-order valence-electron chi connectivity index (χ4n) is 3.26. The third-order valence-electron chi connectivity index (χ3n) is 5.02. The zero-order valence-corrected chi connectivity index (χ0v) is 16.1. The lowest BCUT2D eigenvalue weighted by Crippen LogP contribution is -2.44. The van der Waals surface area contributed by atoms with Crippen molar-refractivity contribution in [3.8, 4) is 5.75 Å². The molecule has 2 aromatic carbocycles. The lowest BCUT2D eigenvalue weighted by molar-refractivity contribution is 0.202. The second-order valence-corrected chi connectivity index (χ2v) is 7.00. The van der Waals surface area contributed by atoms with E-state index in [9.17, 15) is 4.79 Å². The van der Waals surface area contributed by atoms with Crippen LogP contribution in [0.4, 0.5) is 10.5 Å². The molecule has 144 valence electrons. The van der Waals surface area contributed by atoms with Crippen LogP contribution in [0.2, 0.25) is 0 Å². The van der Waals surface area contributed by atoms with Crippen molar-refractivity contribution in [2.75, 3.05) is 45.2 Å². The first-order chi connectivity index (χ1) is 13.0. The van der Waals surface area contributed by atoms with Crippen LogP contribution in [0.3, 0.4) is 0 Å². The van der Waals surface area contributed by atoms with E-state index in [0.29, 0.717) is 13.1 Å². The number of likely N-dealkylation sites (N-methyl/N-ethyl adjacent to an activating group) is 1. The fraction of sp³-hybridized carbons (Fsp3) is 0.381. The van der Waals surface area contributed by atoms with Crippen LogP contribution in [0.25, 0.3) is 0 Å². The minimum Gasteiger partial charge on any atom is -0.497 e. The molecule has 2 N–H and O–H groups in total. The van der Waals surface area contributed by atoms with E-state index in [1.807, 2.05) is 24.3 Å². The normalized spacial score (nSPS) is 14.8. The number of piperazine rings is 1. The number of hydrogen-bond donors (Lipinski definition) is 1. The van der Waals surface area contributed by atoms with Crippen molar-refractivity contribution in [1.29, 1.82) is 0 Å². The van der Waals surface area contributed by atoms with Crippen molar-refractivity contribution in [3.63, 3.8) is 0 Å². The van der Waals surface area contributed by atoms with Crippen LogP contribution < -0.4 is 15.4 Å². The molecule has 2 amide bonds. The Balaban J connectivity index is 1.63. The Morgan fingerprint density at radius 2 is 1.48 bits per heavy atom. The molecule has 0 unspecified atom stereocenters. The van der Waals surface area contributed by atoms with Crippen molar-refractivity contribution < 1.29 is 9.53 Å². The molecule has 6 nitrogen and oxygen atoms in total. The maximum atomic E-state index is 11.9. The molecule has 6 heteroatoms. The third-order valence-corrected chi connectivity index (χ3v) is 5.02. The van der Waals surface area contributed by atoms with E-state index in [4.69, 9.17) is 10.5 Å². The summed E-state index contributed by atoms with van der Waals surface area (Å²) in [6.07, 6.45) is 0. The molecule has 3 rings (SSSR count). The number of urea groups is 1. The van der Waals surface area contributed by atoms with Gasteiger partial charge in [0.05, 0.1) is 7.11 Å². The van der Waals surface area contributed by atoms with Crippen LogP contribution in [0.5, 0.6) is 5.75 Å². The van der Waals surface area contributed by atoms with Crippen LogP contribution in [-0.2, 0) is 13.1 Å². The molecule has 0 saturated carbocycles. The van der Waals surface area contributed by atoms with Gasteiger partial charge < -0.3 is 25.2 Å². The van der Waals surface area contributed by atoms with Gasteiger partial charge in [-0.2, -0.15) is 0 Å². The highest BCUT2D eigenvalue weighted by Crippen LogP contribution is 2.19. The van der Waals surface area contributed by atoms with E-state index in [1.165, 1.54) is 5.69 Å². The number of nitrogens with zero attached hydrogens (tertiary/aromatic N) is 3. The molecular weight excluding hydrogens is 340 g/mol. The van der Waals surface area contributed by atoms with Gasteiger partial charge in [0, 0.05) is 45.0 Å². The monoisotopic (exact) mass is 368 g/mol. The molecule has 0 spiro atoms. The Hall–Kier alpha value is -2.73. The van der Waals surface area contributed by atoms with Crippen molar-refractivity contribution in [3.05, 3.63) is 59.7 Å². The van der Waals surface area contributed by atoms with E-state index >= 15 is 0 Å². The van der Waals surface area contributed by atoms with Crippen LogP contribution >= 0.6 is 0 Å². The molecule has 0 radical (unpaired) electrons. The molecule has 27 heavy (non-hydrogen) atoms. The number of anilines is 1. The number of hydrogen-bond acceptors (Lipinski definition) is 4. The van der Waals surface area contributed by atoms with E-state index in [-0.39, 0.29) is 0 Å². The number of amides is 2. The first kappa shape index (κ1) is 19.0. The van der Waals surface area contributed by atoms with Gasteiger partial charge in [-0.3, -0.25) is 0 Å². The minimum atomic E-state index is -0.422. The zero-order chi connectivity index (χ0) is 19.2. The number of ether oxygens (including phenoxy) is 1. The Morgan fingerprint density at radius 3 is 1.96 bits per heavy atom. The molecular formula is C21H28N4O2. The number of methoxy groups -OCH3 is 1. The summed E-state index contributed by atoms with van der Waals surface area (Å²) < 4.78 is 5.17. The second kappa shape index (κ2) is 8.77. The van der Waals surface area contributed by atoms with Gasteiger partial charge in [0.2, 0.25) is 0 Å². The van der Waals surface area contributed by atoms with Gasteiger partial charge in [0.25, 0.3) is 0 Å². The Morgan fingerprint density at radius 1 is 0.963 bits per heavy atom. The summed E-state index contributed by atoms with van der Waals surface area (Å²) in [4.78, 5) is 18.3. The first-order valence-electron chi connectivity index (χ1n) is 9.25. The summed E-state index contributed by atoms with van der Waals surface area (Å²) in [6.45, 7) is 5.21. The molecule has 1 saturated heterocycles. The van der Waals surface area contributed by atoms with Gasteiger partial charge >= 0.3 is 6.03 Å². The van der Waals surface area contributed by atoms with Crippen LogP contribution in [0, 0.1) is 0 Å². The lowest BCUT2D eigenvalue weighted by Gasteiger charge is -2.34. The van der Waals surface area contributed by atoms with E-state index in [1.54, 1.807) is 12.0 Å². The maximum Gasteiger partial charge on any atom is 0.315 e. The summed E-state index contributed by atoms with van der Waals surface area (Å²) >= 11 is 0. The molecule has 1 fully saturated rings. The first-order valence-corrected chi connectivity index (χ1v) is 9.25. The third kappa shape index (κ3) is 5.14. The van der Waals surface area contributed by atoms with Crippen LogP contribution in [-0.4, -0.2) is 56.2 Å². The molecule has 1 aliphatic heterocycles. The summed E-state index contributed by atoms with van der Waals surface area (Å²) in [5.74, 6) is 0.795. The Kier molecular flexibility index (Phi) is 6.19. The highest BCUT2D eigenvalue weighted by molar-refractivity contribution is 5.72. The van der Waals surface area contributed by atoms with Crippen molar-refractivity contribution in [2.24, 2.45) is 5.73 Å². The average molecular weight is 368 g/mol. The van der Waals surface area contributed by atoms with Gasteiger partial charge in [0.1, 0.15) is 5.75 Å². The predicted octanol–water partition coefficient (Wildman–Crippen LogP) is 2.53. The molecule has 1 aliphatic rings. The predicted molar refractivity (Wildman–Crippen MR) is 108 cm³/mol. The standard InChI is InChI=1S/C21H28N4O2/c1-23-11-13-24(14-12-23)19-7-3-17(4-8-19)15-25(21(22)26)16-18-5-9-20(27-2)10-6-18/h3-10H,11-16H2,1-2H3,(H2,22,26). The fourth-order valence-corrected chi connectivity index (χ4v) is 3.26. The summed E-state index contributed by atoms with van der Waals surface area (Å²) in [5, 5.41) is 0. The molecule has 0 atom stereocenters. The number of primary amides is 1. The van der Waals surface area contributed by atoms with Crippen LogP contribution in [0.15, 0.2) is 48.5 Å². The SMILES string of the molecule is COc1ccc(CN(Cc2ccc(N3CCN(C)CC3)cc2)C(N)=O)cc1. The van der Waals surface area contributed by atoms with E-state index in [2.05, 4.69) is 41.1 Å². The molecule has 2 aromatic rings. The largest absolute Gasteiger partial charge is 0.497 e. The summed E-state index contributed by atoms with van der Waals surface area (Å²) in [5.41, 5.74) is 8.91. The van der Waals surface area contributed by atoms with Gasteiger partial charge in [-0.15, -0.1) is 0 Å². The quantitative estimate of drug-likeness (QED) is 0.851. The topological polar surface area (TPSA) is 62.0 Å². The molecule has 0 aliphatic carbocycles. The maximum absolute atomic E-state index is 11.9. The highest BCUT2D eigenvalue weighted by Gasteiger charge is 2.15. The van der Waals surface area contributed by atoms with Crippen LogP contribution in [0.1, 0.15) is 11.1 Å². The molecule has 1 heterocycles. The molecule has 0 aromatic heterocycles. The number of carbonyl (C=O) groups is 1. The average Bonchev–Trinajstić information content (AvgIpc) is 2.69. The second-order valence-electron chi connectivity index (χ2n) is 7.00. The van der Waals surface area contributed by atoms with E-state index < -0.39 is 6.03 Å². The smallest absolute Gasteiger partial charge is 0.315 e. The van der Waals surface area contributed by atoms with E-state index in [0.717, 1.165) is 43.1 Å². The number of carbonyl (C=O) groups excluding carboxylic acids is 1. The minimum absolute atomic E-state index is 0.422. The van der Waals surface area contributed by atoms with Gasteiger partial charge in [-0.25, -0.2) is 4.79 Å². The summed E-state index contributed by atoms with van der Waals surface area (Å²) in [7, 11) is 3.79. The highest BCUT2D eigenvalue weighted by atomic mass is 16.5. The number of nitrogens with two attached hydrogens (primary N) is 1. The molecule has 0 bridgehead atoms. The van der Waals surface area contributed by atoms with Crippen molar-refractivity contribution in [2.45, 2.75) is 13.1 Å². The van der Waals surface area contributed by atoms with Gasteiger partial charge in [-0.05, 0) is 42.4 Å². The zero-order valence-electron chi connectivity index (χ0n) is 16.1. The number of benzene rings is 2. The number of rotatable bonds is 6. The lowest BCUT2D eigenvalue weighted by atomic mass is 10.1. The van der Waals surface area contributed by atoms with Gasteiger partial charge in [0.15, 0.2) is 0 Å². The summed E-state index contributed by atoms with van der Waals surface area (Å²) in [6, 6.07) is 15.7.